The molecule has 1 aromatic carbocycles. The van der Waals surface area contributed by atoms with E-state index in [9.17, 15) is 18.0 Å². The van der Waals surface area contributed by atoms with Crippen molar-refractivity contribution in [2.24, 2.45) is 0 Å². The van der Waals surface area contributed by atoms with Gasteiger partial charge in [0.15, 0.2) is 0 Å². The molecular weight excluding hydrogens is 285 g/mol. The molecule has 0 amide bonds. The first kappa shape index (κ1) is 16.7. The van der Waals surface area contributed by atoms with Crippen molar-refractivity contribution in [2.45, 2.75) is 27.1 Å². The van der Waals surface area contributed by atoms with Crippen molar-refractivity contribution >= 4 is 0 Å². The lowest BCUT2D eigenvalue weighted by Gasteiger charge is -2.11. The van der Waals surface area contributed by atoms with Gasteiger partial charge in [-0.15, -0.1) is 13.2 Å². The summed E-state index contributed by atoms with van der Waals surface area (Å²) in [6.07, 6.45) is -3.37. The number of aromatic nitrogens is 2. The lowest BCUT2D eigenvalue weighted by Crippen LogP contribution is -2.17. The number of ether oxygens (including phenoxy) is 1. The molecule has 0 saturated heterocycles. The first-order valence-electron chi connectivity index (χ1n) is 6.28. The van der Waals surface area contributed by atoms with Gasteiger partial charge in [-0.3, -0.25) is 4.79 Å². The Labute approximate surface area is 119 Å². The van der Waals surface area contributed by atoms with Crippen LogP contribution >= 0.6 is 0 Å². The van der Waals surface area contributed by atoms with Crippen molar-refractivity contribution in [2.75, 3.05) is 0 Å². The third-order valence-corrected chi connectivity index (χ3v) is 2.30. The normalized spacial score (nSPS) is 10.6. The van der Waals surface area contributed by atoms with Crippen LogP contribution in [0.15, 0.2) is 41.3 Å². The lowest BCUT2D eigenvalue weighted by atomic mass is 10.3. The van der Waals surface area contributed by atoms with Gasteiger partial charge in [0, 0.05) is 18.3 Å². The van der Waals surface area contributed by atoms with Crippen LogP contribution in [0, 0.1) is 6.92 Å². The Kier molecular flexibility index (Phi) is 5.52. The molecule has 0 aliphatic carbocycles. The van der Waals surface area contributed by atoms with Gasteiger partial charge >= 0.3 is 6.36 Å². The van der Waals surface area contributed by atoms with Crippen LogP contribution in [-0.4, -0.2) is 16.1 Å². The summed E-state index contributed by atoms with van der Waals surface area (Å²) in [7, 11) is 0. The molecule has 4 nitrogen and oxygen atoms in total. The molecule has 0 atom stereocenters. The third kappa shape index (κ3) is 4.94. The van der Waals surface area contributed by atoms with Crippen molar-refractivity contribution in [3.63, 3.8) is 0 Å². The van der Waals surface area contributed by atoms with Crippen molar-refractivity contribution in [3.8, 4) is 11.4 Å². The summed E-state index contributed by atoms with van der Waals surface area (Å²) in [5.41, 5.74) is 0.383. The lowest BCUT2D eigenvalue weighted by molar-refractivity contribution is -0.274. The summed E-state index contributed by atoms with van der Waals surface area (Å²) >= 11 is 0. The van der Waals surface area contributed by atoms with Gasteiger partial charge in [-0.25, -0.2) is 4.68 Å². The summed E-state index contributed by atoms with van der Waals surface area (Å²) in [6, 6.07) is 6.63. The topological polar surface area (TPSA) is 44.1 Å². The van der Waals surface area contributed by atoms with Crippen LogP contribution < -0.4 is 10.2 Å². The molecule has 0 N–H and O–H groups in total. The Balaban J connectivity index is 0.00000106. The average molecular weight is 300 g/mol. The zero-order valence-corrected chi connectivity index (χ0v) is 11.8. The van der Waals surface area contributed by atoms with E-state index in [-0.39, 0.29) is 16.9 Å². The van der Waals surface area contributed by atoms with Crippen molar-refractivity contribution in [1.82, 2.24) is 9.78 Å². The van der Waals surface area contributed by atoms with E-state index in [1.807, 2.05) is 13.8 Å². The predicted molar refractivity (Wildman–Crippen MR) is 72.6 cm³/mol. The zero-order chi connectivity index (χ0) is 16.0. The number of rotatable bonds is 2. The highest BCUT2D eigenvalue weighted by Crippen LogP contribution is 2.24. The first-order valence-corrected chi connectivity index (χ1v) is 6.28. The molecule has 0 aliphatic rings. The molecular formula is C14H15F3N2O2. The van der Waals surface area contributed by atoms with E-state index in [0.29, 0.717) is 5.69 Å². The van der Waals surface area contributed by atoms with Gasteiger partial charge in [0.05, 0.1) is 5.69 Å². The maximum Gasteiger partial charge on any atom is 0.573 e. The fraction of sp³-hybridized carbons (Fsp3) is 0.286. The second kappa shape index (κ2) is 6.92. The fourth-order valence-corrected chi connectivity index (χ4v) is 1.47. The van der Waals surface area contributed by atoms with E-state index < -0.39 is 6.36 Å². The molecule has 21 heavy (non-hydrogen) atoms. The summed E-state index contributed by atoms with van der Waals surface area (Å²) in [4.78, 5) is 11.2. The molecule has 0 saturated carbocycles. The van der Waals surface area contributed by atoms with E-state index in [2.05, 4.69) is 9.84 Å². The molecule has 0 spiro atoms. The number of halogens is 3. The number of hydrogen-bond donors (Lipinski definition) is 0. The van der Waals surface area contributed by atoms with Gasteiger partial charge in [-0.05, 0) is 19.1 Å². The molecule has 2 aromatic rings. The Morgan fingerprint density at radius 2 is 1.86 bits per heavy atom. The number of hydrogen-bond acceptors (Lipinski definition) is 3. The zero-order valence-electron chi connectivity index (χ0n) is 11.8. The molecule has 0 aliphatic heterocycles. The van der Waals surface area contributed by atoms with Crippen LogP contribution in [0.5, 0.6) is 5.75 Å². The largest absolute Gasteiger partial charge is 0.573 e. The highest BCUT2D eigenvalue weighted by molar-refractivity contribution is 5.38. The summed E-state index contributed by atoms with van der Waals surface area (Å²) in [5.74, 6) is -0.344. The maximum atomic E-state index is 12.1. The van der Waals surface area contributed by atoms with Gasteiger partial charge in [0.1, 0.15) is 11.4 Å². The monoisotopic (exact) mass is 300 g/mol. The Morgan fingerprint density at radius 3 is 2.43 bits per heavy atom. The summed E-state index contributed by atoms with van der Waals surface area (Å²) < 4.78 is 41.4. The molecule has 0 radical (unpaired) electrons. The highest BCUT2D eigenvalue weighted by Gasteiger charge is 2.31. The Bertz CT molecular complexity index is 651. The minimum atomic E-state index is -4.74. The van der Waals surface area contributed by atoms with Gasteiger partial charge in [0.2, 0.25) is 5.43 Å². The molecule has 0 fully saturated rings. The van der Waals surface area contributed by atoms with E-state index in [1.165, 1.54) is 42.1 Å². The van der Waals surface area contributed by atoms with Crippen LogP contribution in [0.3, 0.4) is 0 Å². The van der Waals surface area contributed by atoms with Gasteiger partial charge in [0.25, 0.3) is 0 Å². The predicted octanol–water partition coefficient (Wildman–Crippen LogP) is 3.47. The second-order valence-electron chi connectivity index (χ2n) is 3.76. The average Bonchev–Trinajstić information content (AvgIpc) is 2.42. The maximum absolute atomic E-state index is 12.1. The van der Waals surface area contributed by atoms with Crippen molar-refractivity contribution < 1.29 is 17.9 Å². The van der Waals surface area contributed by atoms with Gasteiger partial charge in [-0.1, -0.05) is 19.9 Å². The van der Waals surface area contributed by atoms with E-state index in [4.69, 9.17) is 0 Å². The molecule has 0 bridgehead atoms. The minimum absolute atomic E-state index is 0.237. The van der Waals surface area contributed by atoms with Crippen LogP contribution in [0.1, 0.15) is 19.5 Å². The standard InChI is InChI=1S/C12H9F3N2O2.C2H6/c1-8-11(18)5-6-17(16-8)9-3-2-4-10(7-9)19-12(13,14)15;1-2/h2-7H,1H3;1-2H3. The van der Waals surface area contributed by atoms with Crippen LogP contribution in [0.4, 0.5) is 13.2 Å². The summed E-state index contributed by atoms with van der Waals surface area (Å²) in [6.45, 7) is 5.52. The van der Waals surface area contributed by atoms with E-state index in [0.717, 1.165) is 0 Å². The first-order chi connectivity index (χ1) is 9.85. The Hall–Kier alpha value is -2.31. The van der Waals surface area contributed by atoms with Crippen LogP contribution in [-0.2, 0) is 0 Å². The SMILES string of the molecule is CC.Cc1nn(-c2cccc(OC(F)(F)F)c2)ccc1=O. The van der Waals surface area contributed by atoms with Gasteiger partial charge < -0.3 is 4.74 Å². The molecule has 114 valence electrons. The number of alkyl halides is 3. The minimum Gasteiger partial charge on any atom is -0.406 e. The highest BCUT2D eigenvalue weighted by atomic mass is 19.4. The van der Waals surface area contributed by atoms with Crippen molar-refractivity contribution in [1.29, 1.82) is 0 Å². The van der Waals surface area contributed by atoms with Crippen LogP contribution in [0.25, 0.3) is 5.69 Å². The Morgan fingerprint density at radius 1 is 1.19 bits per heavy atom. The van der Waals surface area contributed by atoms with E-state index >= 15 is 0 Å². The second-order valence-corrected chi connectivity index (χ2v) is 3.76. The molecule has 1 aromatic heterocycles. The number of nitrogens with zero attached hydrogens (tertiary/aromatic N) is 2. The quantitative estimate of drug-likeness (QED) is 0.853. The third-order valence-electron chi connectivity index (χ3n) is 2.30. The molecule has 7 heteroatoms. The fourth-order valence-electron chi connectivity index (χ4n) is 1.47. The smallest absolute Gasteiger partial charge is 0.406 e. The number of benzene rings is 1. The number of aryl methyl sites for hydroxylation is 1. The summed E-state index contributed by atoms with van der Waals surface area (Å²) in [5, 5.41) is 3.95. The van der Waals surface area contributed by atoms with Crippen molar-refractivity contribution in [3.05, 3.63) is 52.4 Å². The molecule has 1 heterocycles. The molecule has 0 unspecified atom stereocenters. The van der Waals surface area contributed by atoms with Gasteiger partial charge in [-0.2, -0.15) is 5.10 Å². The van der Waals surface area contributed by atoms with E-state index in [1.54, 1.807) is 6.07 Å². The van der Waals surface area contributed by atoms with Crippen LogP contribution in [0.2, 0.25) is 0 Å². The molecule has 2 rings (SSSR count).